The normalized spacial score (nSPS) is 11.0. The largest absolute Gasteiger partial charge is 0.475 e. The van der Waals surface area contributed by atoms with Gasteiger partial charge in [0.15, 0.2) is 11.5 Å². The molecule has 1 N–H and O–H groups in total. The molecule has 0 aliphatic carbocycles. The summed E-state index contributed by atoms with van der Waals surface area (Å²) >= 11 is 0. The number of hydrogen-bond donors (Lipinski definition) is 1. The monoisotopic (exact) mass is 467 g/mol. The fraction of sp³-hybridized carbons (Fsp3) is 0.111. The quantitative estimate of drug-likeness (QED) is 0.345. The number of ether oxygens (including phenoxy) is 1. The van der Waals surface area contributed by atoms with Crippen molar-refractivity contribution in [2.75, 3.05) is 13.2 Å². The first kappa shape index (κ1) is 22.2. The summed E-state index contributed by atoms with van der Waals surface area (Å²) in [5.41, 5.74) is 3.07. The molecule has 174 valence electrons. The van der Waals surface area contributed by atoms with E-state index in [9.17, 15) is 9.18 Å². The zero-order valence-corrected chi connectivity index (χ0v) is 18.7. The maximum absolute atomic E-state index is 13.3. The molecule has 2 heterocycles. The third kappa shape index (κ3) is 5.01. The van der Waals surface area contributed by atoms with E-state index in [1.54, 1.807) is 28.8 Å². The standard InChI is InChI=1S/C27H22FN5O2/c28-22-13-11-21(12-14-22)26-31-30-23-15-16-24(32-33(23)26)35-18-17-29-27(34)25(19-7-3-1-4-8-19)20-9-5-2-6-10-20/h1-16,25H,17-18H2,(H,29,34). The van der Waals surface area contributed by atoms with Gasteiger partial charge in [-0.05, 0) is 41.5 Å². The van der Waals surface area contributed by atoms with E-state index in [0.29, 0.717) is 29.5 Å². The van der Waals surface area contributed by atoms with Crippen LogP contribution in [0.4, 0.5) is 4.39 Å². The average molecular weight is 468 g/mol. The van der Waals surface area contributed by atoms with Gasteiger partial charge in [0.2, 0.25) is 11.8 Å². The summed E-state index contributed by atoms with van der Waals surface area (Å²) < 4.78 is 20.6. The lowest BCUT2D eigenvalue weighted by atomic mass is 9.90. The zero-order chi connectivity index (χ0) is 24.0. The van der Waals surface area contributed by atoms with Crippen molar-refractivity contribution in [3.63, 3.8) is 0 Å². The second kappa shape index (κ2) is 10.1. The number of halogens is 1. The van der Waals surface area contributed by atoms with Crippen LogP contribution in [-0.4, -0.2) is 38.9 Å². The Labute approximate surface area is 201 Å². The first-order chi connectivity index (χ1) is 17.2. The summed E-state index contributed by atoms with van der Waals surface area (Å²) in [6.07, 6.45) is 0. The van der Waals surface area contributed by atoms with Crippen molar-refractivity contribution in [1.82, 2.24) is 25.1 Å². The maximum Gasteiger partial charge on any atom is 0.232 e. The third-order valence-corrected chi connectivity index (χ3v) is 5.52. The minimum atomic E-state index is -0.415. The van der Waals surface area contributed by atoms with Gasteiger partial charge in [-0.1, -0.05) is 60.7 Å². The van der Waals surface area contributed by atoms with E-state index in [1.165, 1.54) is 12.1 Å². The van der Waals surface area contributed by atoms with Crippen LogP contribution in [0.25, 0.3) is 17.0 Å². The molecule has 0 unspecified atom stereocenters. The second-order valence-corrected chi connectivity index (χ2v) is 7.87. The fourth-order valence-corrected chi connectivity index (χ4v) is 3.85. The highest BCUT2D eigenvalue weighted by Gasteiger charge is 2.22. The summed E-state index contributed by atoms with van der Waals surface area (Å²) in [6, 6.07) is 28.7. The molecule has 5 aromatic rings. The van der Waals surface area contributed by atoms with E-state index in [4.69, 9.17) is 4.74 Å². The van der Waals surface area contributed by atoms with Gasteiger partial charge in [-0.2, -0.15) is 4.52 Å². The smallest absolute Gasteiger partial charge is 0.232 e. The highest BCUT2D eigenvalue weighted by atomic mass is 19.1. The van der Waals surface area contributed by atoms with Crippen LogP contribution in [-0.2, 0) is 4.79 Å². The van der Waals surface area contributed by atoms with Crippen molar-refractivity contribution in [1.29, 1.82) is 0 Å². The molecule has 0 atom stereocenters. The molecule has 0 fully saturated rings. The van der Waals surface area contributed by atoms with Crippen molar-refractivity contribution in [3.8, 4) is 17.3 Å². The molecule has 1 amide bonds. The molecular formula is C27H22FN5O2. The highest BCUT2D eigenvalue weighted by Crippen LogP contribution is 2.24. The molecule has 0 spiro atoms. The summed E-state index contributed by atoms with van der Waals surface area (Å²) in [4.78, 5) is 13.1. The third-order valence-electron chi connectivity index (χ3n) is 5.52. The van der Waals surface area contributed by atoms with Crippen molar-refractivity contribution in [2.24, 2.45) is 0 Å². The number of nitrogens with zero attached hydrogens (tertiary/aromatic N) is 4. The molecule has 7 nitrogen and oxygen atoms in total. The van der Waals surface area contributed by atoms with Crippen LogP contribution in [0.3, 0.4) is 0 Å². The number of carbonyl (C=O) groups excluding carboxylic acids is 1. The van der Waals surface area contributed by atoms with Crippen LogP contribution in [0.15, 0.2) is 97.1 Å². The van der Waals surface area contributed by atoms with E-state index in [0.717, 1.165) is 11.1 Å². The molecule has 8 heteroatoms. The fourth-order valence-electron chi connectivity index (χ4n) is 3.85. The Kier molecular flexibility index (Phi) is 6.43. The van der Waals surface area contributed by atoms with E-state index >= 15 is 0 Å². The molecule has 3 aromatic carbocycles. The molecule has 0 bridgehead atoms. The van der Waals surface area contributed by atoms with E-state index in [2.05, 4.69) is 20.6 Å². The Hall–Kier alpha value is -4.59. The van der Waals surface area contributed by atoms with Gasteiger partial charge < -0.3 is 10.1 Å². The maximum atomic E-state index is 13.3. The second-order valence-electron chi connectivity index (χ2n) is 7.87. The highest BCUT2D eigenvalue weighted by molar-refractivity contribution is 5.87. The lowest BCUT2D eigenvalue weighted by Gasteiger charge is -2.18. The molecule has 0 radical (unpaired) electrons. The Bertz CT molecular complexity index is 1380. The van der Waals surface area contributed by atoms with Crippen LogP contribution in [0.1, 0.15) is 17.0 Å². The van der Waals surface area contributed by atoms with Crippen molar-refractivity contribution >= 4 is 11.6 Å². The number of amides is 1. The summed E-state index contributed by atoms with van der Waals surface area (Å²) in [6.45, 7) is 0.538. The van der Waals surface area contributed by atoms with Crippen molar-refractivity contribution in [2.45, 2.75) is 5.92 Å². The number of fused-ring (bicyclic) bond motifs is 1. The van der Waals surface area contributed by atoms with Crippen LogP contribution < -0.4 is 10.1 Å². The van der Waals surface area contributed by atoms with Gasteiger partial charge in [-0.15, -0.1) is 15.3 Å². The molecule has 5 rings (SSSR count). The minimum absolute atomic E-state index is 0.105. The minimum Gasteiger partial charge on any atom is -0.475 e. The first-order valence-corrected chi connectivity index (χ1v) is 11.2. The molecule has 0 saturated heterocycles. The predicted octanol–water partition coefficient (Wildman–Crippen LogP) is 4.26. The Balaban J connectivity index is 1.25. The van der Waals surface area contributed by atoms with E-state index < -0.39 is 5.92 Å². The topological polar surface area (TPSA) is 81.4 Å². The van der Waals surface area contributed by atoms with Gasteiger partial charge in [0, 0.05) is 11.6 Å². The predicted molar refractivity (Wildman–Crippen MR) is 129 cm³/mol. The zero-order valence-electron chi connectivity index (χ0n) is 18.7. The number of hydrogen-bond acceptors (Lipinski definition) is 5. The van der Waals surface area contributed by atoms with Gasteiger partial charge in [-0.25, -0.2) is 4.39 Å². The van der Waals surface area contributed by atoms with Gasteiger partial charge in [0.05, 0.1) is 12.5 Å². The summed E-state index contributed by atoms with van der Waals surface area (Å²) in [7, 11) is 0. The number of carbonyl (C=O) groups is 1. The Morgan fingerprint density at radius 2 is 1.51 bits per heavy atom. The van der Waals surface area contributed by atoms with Gasteiger partial charge >= 0.3 is 0 Å². The average Bonchev–Trinajstić information content (AvgIpc) is 3.32. The van der Waals surface area contributed by atoms with Crippen LogP contribution >= 0.6 is 0 Å². The number of nitrogens with one attached hydrogen (secondary N) is 1. The Morgan fingerprint density at radius 3 is 2.17 bits per heavy atom. The van der Waals surface area contributed by atoms with E-state index in [-0.39, 0.29) is 18.3 Å². The Morgan fingerprint density at radius 1 is 0.857 bits per heavy atom. The summed E-state index contributed by atoms with van der Waals surface area (Å²) in [5.74, 6) is -0.0118. The molecule has 2 aromatic heterocycles. The van der Waals surface area contributed by atoms with Gasteiger partial charge in [0.1, 0.15) is 12.4 Å². The van der Waals surface area contributed by atoms with E-state index in [1.807, 2.05) is 60.7 Å². The van der Waals surface area contributed by atoms with Gasteiger partial charge in [0.25, 0.3) is 0 Å². The van der Waals surface area contributed by atoms with Crippen LogP contribution in [0, 0.1) is 5.82 Å². The molecule has 35 heavy (non-hydrogen) atoms. The molecule has 0 aliphatic rings. The van der Waals surface area contributed by atoms with Crippen molar-refractivity contribution < 1.29 is 13.9 Å². The summed E-state index contributed by atoms with van der Waals surface area (Å²) in [5, 5.41) is 15.7. The van der Waals surface area contributed by atoms with Gasteiger partial charge in [-0.3, -0.25) is 4.79 Å². The first-order valence-electron chi connectivity index (χ1n) is 11.2. The molecule has 0 saturated carbocycles. The van der Waals surface area contributed by atoms with Crippen molar-refractivity contribution in [3.05, 3.63) is 114 Å². The van der Waals surface area contributed by atoms with Crippen LogP contribution in [0.5, 0.6) is 5.88 Å². The molecular weight excluding hydrogens is 445 g/mol. The van der Waals surface area contributed by atoms with Crippen LogP contribution in [0.2, 0.25) is 0 Å². The number of benzene rings is 3. The lowest BCUT2D eigenvalue weighted by molar-refractivity contribution is -0.121. The lowest BCUT2D eigenvalue weighted by Crippen LogP contribution is -2.33. The number of aromatic nitrogens is 4. The number of rotatable bonds is 8. The SMILES string of the molecule is O=C(NCCOc1ccc2nnc(-c3ccc(F)cc3)n2n1)C(c1ccccc1)c1ccccc1. The molecule has 0 aliphatic heterocycles.